The largest absolute Gasteiger partial charge is 0.491 e. The Hall–Kier alpha value is -2.08. The van der Waals surface area contributed by atoms with Crippen LogP contribution in [0, 0.1) is 0 Å². The van der Waals surface area contributed by atoms with Crippen LogP contribution >= 0.6 is 0 Å². The standard InChI is InChI=1S/C16H23NO5/c1-16(2,9-8-14(18)19)17-15(20)12-4-6-13(7-5-12)22-11-10-21-3/h4-7H,8-11H2,1-3H3,(H,17,20)(H,18,19). The number of aliphatic carboxylic acids is 1. The zero-order chi connectivity index (χ0) is 16.6. The van der Waals surface area contributed by atoms with Crippen LogP contribution in [0.1, 0.15) is 37.0 Å². The van der Waals surface area contributed by atoms with Crippen molar-refractivity contribution in [2.24, 2.45) is 0 Å². The van der Waals surface area contributed by atoms with Crippen molar-refractivity contribution < 1.29 is 24.2 Å². The summed E-state index contributed by atoms with van der Waals surface area (Å²) in [6.45, 7) is 4.55. The fraction of sp³-hybridized carbons (Fsp3) is 0.500. The van der Waals surface area contributed by atoms with Crippen molar-refractivity contribution in [1.29, 1.82) is 0 Å². The lowest BCUT2D eigenvalue weighted by molar-refractivity contribution is -0.137. The van der Waals surface area contributed by atoms with Gasteiger partial charge in [-0.15, -0.1) is 0 Å². The SMILES string of the molecule is COCCOc1ccc(C(=O)NC(C)(C)CCC(=O)O)cc1. The van der Waals surface area contributed by atoms with Gasteiger partial charge in [-0.05, 0) is 44.5 Å². The molecule has 0 unspecified atom stereocenters. The van der Waals surface area contributed by atoms with Crippen LogP contribution in [-0.2, 0) is 9.53 Å². The predicted molar refractivity (Wildman–Crippen MR) is 82.2 cm³/mol. The second-order valence-corrected chi connectivity index (χ2v) is 5.60. The zero-order valence-electron chi connectivity index (χ0n) is 13.2. The highest BCUT2D eigenvalue weighted by Crippen LogP contribution is 2.15. The van der Waals surface area contributed by atoms with E-state index in [-0.39, 0.29) is 12.3 Å². The lowest BCUT2D eigenvalue weighted by atomic mass is 9.98. The van der Waals surface area contributed by atoms with E-state index in [9.17, 15) is 9.59 Å². The summed E-state index contributed by atoms with van der Waals surface area (Å²) in [5, 5.41) is 11.5. The van der Waals surface area contributed by atoms with Gasteiger partial charge in [0, 0.05) is 24.6 Å². The van der Waals surface area contributed by atoms with Crippen LogP contribution in [0.3, 0.4) is 0 Å². The van der Waals surface area contributed by atoms with Gasteiger partial charge in [-0.2, -0.15) is 0 Å². The van der Waals surface area contributed by atoms with Crippen molar-refractivity contribution in [2.75, 3.05) is 20.3 Å². The maximum Gasteiger partial charge on any atom is 0.303 e. The Kier molecular flexibility index (Phi) is 6.85. The molecule has 0 aromatic heterocycles. The van der Waals surface area contributed by atoms with Crippen LogP contribution in [0.15, 0.2) is 24.3 Å². The quantitative estimate of drug-likeness (QED) is 0.682. The van der Waals surface area contributed by atoms with Gasteiger partial charge in [0.15, 0.2) is 0 Å². The third-order valence-corrected chi connectivity index (χ3v) is 3.09. The molecular weight excluding hydrogens is 286 g/mol. The van der Waals surface area contributed by atoms with E-state index in [2.05, 4.69) is 5.32 Å². The Morgan fingerprint density at radius 3 is 2.36 bits per heavy atom. The lowest BCUT2D eigenvalue weighted by Crippen LogP contribution is -2.43. The Bertz CT molecular complexity index is 496. The van der Waals surface area contributed by atoms with Crippen LogP contribution in [0.5, 0.6) is 5.75 Å². The second-order valence-electron chi connectivity index (χ2n) is 5.60. The minimum absolute atomic E-state index is 0.0134. The molecule has 0 radical (unpaired) electrons. The number of hydrogen-bond acceptors (Lipinski definition) is 4. The van der Waals surface area contributed by atoms with Gasteiger partial charge in [0.05, 0.1) is 6.61 Å². The number of hydrogen-bond donors (Lipinski definition) is 2. The first-order chi connectivity index (χ1) is 10.3. The molecule has 0 aliphatic carbocycles. The van der Waals surface area contributed by atoms with Crippen molar-refractivity contribution in [3.63, 3.8) is 0 Å². The fourth-order valence-corrected chi connectivity index (χ4v) is 1.81. The van der Waals surface area contributed by atoms with Crippen molar-refractivity contribution in [3.8, 4) is 5.75 Å². The van der Waals surface area contributed by atoms with Gasteiger partial charge in [-0.1, -0.05) is 0 Å². The zero-order valence-corrected chi connectivity index (χ0v) is 13.2. The highest BCUT2D eigenvalue weighted by molar-refractivity contribution is 5.94. The summed E-state index contributed by atoms with van der Waals surface area (Å²) in [4.78, 5) is 22.8. The summed E-state index contributed by atoms with van der Waals surface area (Å²) in [5.74, 6) is -0.447. The molecule has 1 amide bonds. The molecular formula is C16H23NO5. The van der Waals surface area contributed by atoms with E-state index in [0.29, 0.717) is 30.9 Å². The van der Waals surface area contributed by atoms with Crippen LogP contribution in [0.4, 0.5) is 0 Å². The molecule has 1 aromatic rings. The van der Waals surface area contributed by atoms with E-state index in [1.54, 1.807) is 45.2 Å². The van der Waals surface area contributed by atoms with E-state index in [0.717, 1.165) is 0 Å². The molecule has 122 valence electrons. The lowest BCUT2D eigenvalue weighted by Gasteiger charge is -2.25. The maximum atomic E-state index is 12.2. The minimum atomic E-state index is -0.875. The third-order valence-electron chi connectivity index (χ3n) is 3.09. The minimum Gasteiger partial charge on any atom is -0.491 e. The molecule has 22 heavy (non-hydrogen) atoms. The molecule has 0 aliphatic heterocycles. The average Bonchev–Trinajstić information content (AvgIpc) is 2.46. The number of carbonyl (C=O) groups is 2. The first kappa shape index (κ1) is 18.0. The number of methoxy groups -OCH3 is 1. The van der Waals surface area contributed by atoms with Crippen LogP contribution in [0.25, 0.3) is 0 Å². The summed E-state index contributed by atoms with van der Waals surface area (Å²) in [6, 6.07) is 6.78. The van der Waals surface area contributed by atoms with Crippen LogP contribution < -0.4 is 10.1 Å². The van der Waals surface area contributed by atoms with E-state index in [1.165, 1.54) is 0 Å². The van der Waals surface area contributed by atoms with Crippen LogP contribution in [-0.4, -0.2) is 42.8 Å². The van der Waals surface area contributed by atoms with Crippen molar-refractivity contribution in [3.05, 3.63) is 29.8 Å². The van der Waals surface area contributed by atoms with Gasteiger partial charge in [0.1, 0.15) is 12.4 Å². The molecule has 6 nitrogen and oxygen atoms in total. The van der Waals surface area contributed by atoms with E-state index in [1.807, 2.05) is 0 Å². The molecule has 0 fully saturated rings. The summed E-state index contributed by atoms with van der Waals surface area (Å²) in [7, 11) is 1.60. The Morgan fingerprint density at radius 2 is 1.82 bits per heavy atom. The molecule has 2 N–H and O–H groups in total. The number of amides is 1. The number of carbonyl (C=O) groups excluding carboxylic acids is 1. The van der Waals surface area contributed by atoms with Gasteiger partial charge >= 0.3 is 5.97 Å². The molecule has 0 saturated carbocycles. The number of ether oxygens (including phenoxy) is 2. The Balaban J connectivity index is 2.56. The highest BCUT2D eigenvalue weighted by atomic mass is 16.5. The molecule has 0 heterocycles. The fourth-order valence-electron chi connectivity index (χ4n) is 1.81. The number of carboxylic acid groups (broad SMARTS) is 1. The normalized spacial score (nSPS) is 11.0. The van der Waals surface area contributed by atoms with Crippen LogP contribution in [0.2, 0.25) is 0 Å². The molecule has 1 aromatic carbocycles. The highest BCUT2D eigenvalue weighted by Gasteiger charge is 2.22. The first-order valence-corrected chi connectivity index (χ1v) is 7.10. The molecule has 0 bridgehead atoms. The van der Waals surface area contributed by atoms with Crippen molar-refractivity contribution in [1.82, 2.24) is 5.32 Å². The topological polar surface area (TPSA) is 84.9 Å². The van der Waals surface area contributed by atoms with Gasteiger partial charge < -0.3 is 19.9 Å². The predicted octanol–water partition coefficient (Wildman–Crippen LogP) is 2.08. The summed E-state index contributed by atoms with van der Waals surface area (Å²) in [6.07, 6.45) is 0.381. The third kappa shape index (κ3) is 6.58. The van der Waals surface area contributed by atoms with Gasteiger partial charge in [0.2, 0.25) is 0 Å². The molecule has 6 heteroatoms. The number of nitrogens with one attached hydrogen (secondary N) is 1. The monoisotopic (exact) mass is 309 g/mol. The summed E-state index contributed by atoms with van der Waals surface area (Å²) >= 11 is 0. The van der Waals surface area contributed by atoms with Gasteiger partial charge in [0.25, 0.3) is 5.91 Å². The van der Waals surface area contributed by atoms with Crippen molar-refractivity contribution >= 4 is 11.9 Å². The maximum absolute atomic E-state index is 12.2. The summed E-state index contributed by atoms with van der Waals surface area (Å²) in [5.41, 5.74) is -0.0779. The van der Waals surface area contributed by atoms with E-state index in [4.69, 9.17) is 14.6 Å². The molecule has 0 spiro atoms. The smallest absolute Gasteiger partial charge is 0.303 e. The molecule has 1 rings (SSSR count). The Labute approximate surface area is 130 Å². The van der Waals surface area contributed by atoms with E-state index < -0.39 is 11.5 Å². The van der Waals surface area contributed by atoms with Crippen molar-refractivity contribution in [2.45, 2.75) is 32.2 Å². The molecule has 0 aliphatic rings. The molecule has 0 saturated heterocycles. The second kappa shape index (κ2) is 8.38. The summed E-state index contributed by atoms with van der Waals surface area (Å²) < 4.78 is 10.3. The number of rotatable bonds is 9. The Morgan fingerprint density at radius 1 is 1.18 bits per heavy atom. The van der Waals surface area contributed by atoms with Gasteiger partial charge in [-0.25, -0.2) is 0 Å². The van der Waals surface area contributed by atoms with Gasteiger partial charge in [-0.3, -0.25) is 9.59 Å². The first-order valence-electron chi connectivity index (χ1n) is 7.10. The average molecular weight is 309 g/mol. The number of carboxylic acids is 1. The number of benzene rings is 1. The molecule has 0 atom stereocenters. The van der Waals surface area contributed by atoms with E-state index >= 15 is 0 Å².